The molecule has 0 spiro atoms. The minimum atomic E-state index is -0.955. The summed E-state index contributed by atoms with van der Waals surface area (Å²) >= 11 is 0. The Balaban J connectivity index is 0.000000355. The molecule has 4 N–H and O–H groups in total. The molecule has 0 bridgehead atoms. The maximum Gasteiger partial charge on any atom is 0.342 e. The second kappa shape index (κ2) is 13.2. The standard InChI is InChI=1S/C11H13FN2O5.C9H9FN2O4/c1-2-18-11(15)7-5-9(14(16)17)8(13)6-10(7)19-4-3-12;1-2-16-9(13)5-3-8(12(14)15)7(11)4-6(5)10/h5-6H,2-4,13H2,1H3;3-4H,2,11H2,1H3. The summed E-state index contributed by atoms with van der Waals surface area (Å²) in [5.41, 5.74) is 8.58. The van der Waals surface area contributed by atoms with Crippen LogP contribution in [-0.2, 0) is 9.47 Å². The number of anilines is 2. The number of hydrogen-bond donors (Lipinski definition) is 2. The Morgan fingerprint density at radius 3 is 1.80 bits per heavy atom. The third-order valence-electron chi connectivity index (χ3n) is 3.96. The molecule has 2 rings (SSSR count). The predicted molar refractivity (Wildman–Crippen MR) is 118 cm³/mol. The Kier molecular flexibility index (Phi) is 10.8. The summed E-state index contributed by atoms with van der Waals surface area (Å²) in [5, 5.41) is 21.3. The van der Waals surface area contributed by atoms with Crippen molar-refractivity contribution in [3.63, 3.8) is 0 Å². The van der Waals surface area contributed by atoms with Crippen molar-refractivity contribution in [3.05, 3.63) is 61.4 Å². The van der Waals surface area contributed by atoms with E-state index < -0.39 is 51.2 Å². The smallest absolute Gasteiger partial charge is 0.342 e. The summed E-state index contributed by atoms with van der Waals surface area (Å²) in [6.07, 6.45) is 0. The fourth-order valence-corrected chi connectivity index (χ4v) is 2.48. The molecule has 2 aromatic rings. The summed E-state index contributed by atoms with van der Waals surface area (Å²) in [6.45, 7) is 2.23. The number of hydrogen-bond acceptors (Lipinski definition) is 11. The lowest BCUT2D eigenvalue weighted by molar-refractivity contribution is -0.384. The van der Waals surface area contributed by atoms with Crippen molar-refractivity contribution >= 4 is 34.7 Å². The topological polar surface area (TPSA) is 200 Å². The third-order valence-corrected chi connectivity index (χ3v) is 3.96. The molecule has 13 nitrogen and oxygen atoms in total. The van der Waals surface area contributed by atoms with Gasteiger partial charge in [-0.15, -0.1) is 0 Å². The lowest BCUT2D eigenvalue weighted by Gasteiger charge is -2.10. The number of nitrogens with two attached hydrogens (primary N) is 2. The average molecular weight is 500 g/mol. The number of alkyl halides is 1. The second-order valence-corrected chi connectivity index (χ2v) is 6.29. The van der Waals surface area contributed by atoms with Crippen LogP contribution in [0.5, 0.6) is 5.75 Å². The van der Waals surface area contributed by atoms with Crippen molar-refractivity contribution in [1.82, 2.24) is 0 Å². The predicted octanol–water partition coefficient (Wildman–Crippen LogP) is 3.19. The van der Waals surface area contributed by atoms with E-state index in [-0.39, 0.29) is 42.5 Å². The monoisotopic (exact) mass is 500 g/mol. The van der Waals surface area contributed by atoms with E-state index in [2.05, 4.69) is 4.74 Å². The Bertz CT molecular complexity index is 1110. The van der Waals surface area contributed by atoms with Gasteiger partial charge in [-0.3, -0.25) is 20.2 Å². The molecule has 0 aliphatic carbocycles. The van der Waals surface area contributed by atoms with Crippen LogP contribution in [0.1, 0.15) is 34.6 Å². The number of nitrogen functional groups attached to an aromatic ring is 2. The van der Waals surface area contributed by atoms with E-state index in [1.54, 1.807) is 13.8 Å². The van der Waals surface area contributed by atoms with Crippen molar-refractivity contribution in [1.29, 1.82) is 0 Å². The number of ether oxygens (including phenoxy) is 3. The highest BCUT2D eigenvalue weighted by atomic mass is 19.1. The molecule has 0 unspecified atom stereocenters. The first-order valence-corrected chi connectivity index (χ1v) is 9.82. The van der Waals surface area contributed by atoms with Gasteiger partial charge in [0.25, 0.3) is 11.4 Å². The Hall–Kier alpha value is -4.56. The number of benzene rings is 2. The van der Waals surface area contributed by atoms with Gasteiger partial charge in [-0.2, -0.15) is 0 Å². The number of carbonyl (C=O) groups is 2. The molecule has 0 atom stereocenters. The van der Waals surface area contributed by atoms with E-state index >= 15 is 0 Å². The average Bonchev–Trinajstić information content (AvgIpc) is 2.77. The number of halogens is 2. The van der Waals surface area contributed by atoms with Crippen LogP contribution < -0.4 is 16.2 Å². The molecule has 0 amide bonds. The first-order chi connectivity index (χ1) is 16.5. The molecule has 0 radical (unpaired) electrons. The fraction of sp³-hybridized carbons (Fsp3) is 0.300. The van der Waals surface area contributed by atoms with Crippen LogP contribution in [0.2, 0.25) is 0 Å². The lowest BCUT2D eigenvalue weighted by Crippen LogP contribution is -2.11. The summed E-state index contributed by atoms with van der Waals surface area (Å²) in [7, 11) is 0. The van der Waals surface area contributed by atoms with Crippen molar-refractivity contribution in [2.75, 3.05) is 38.0 Å². The van der Waals surface area contributed by atoms with Crippen LogP contribution in [-0.4, -0.2) is 48.3 Å². The summed E-state index contributed by atoms with van der Waals surface area (Å²) in [4.78, 5) is 42.6. The number of esters is 2. The second-order valence-electron chi connectivity index (χ2n) is 6.29. The molecule has 0 aliphatic rings. The van der Waals surface area contributed by atoms with Gasteiger partial charge in [0, 0.05) is 24.3 Å². The summed E-state index contributed by atoms with van der Waals surface area (Å²) in [5.74, 6) is -2.73. The number of rotatable bonds is 9. The van der Waals surface area contributed by atoms with Gasteiger partial charge in [-0.25, -0.2) is 18.4 Å². The van der Waals surface area contributed by atoms with Crippen LogP contribution in [0.25, 0.3) is 0 Å². The van der Waals surface area contributed by atoms with E-state index in [1.165, 1.54) is 0 Å². The van der Waals surface area contributed by atoms with Gasteiger partial charge < -0.3 is 25.7 Å². The summed E-state index contributed by atoms with van der Waals surface area (Å²) < 4.78 is 39.6. The van der Waals surface area contributed by atoms with Gasteiger partial charge in [0.2, 0.25) is 0 Å². The lowest BCUT2D eigenvalue weighted by atomic mass is 10.1. The molecular weight excluding hydrogens is 478 g/mol. The Morgan fingerprint density at radius 2 is 1.34 bits per heavy atom. The third kappa shape index (κ3) is 7.76. The molecule has 15 heteroatoms. The van der Waals surface area contributed by atoms with Crippen LogP contribution in [0.15, 0.2) is 24.3 Å². The van der Waals surface area contributed by atoms with Gasteiger partial charge in [-0.1, -0.05) is 0 Å². The first-order valence-electron chi connectivity index (χ1n) is 9.82. The SMILES string of the molecule is CCOC(=O)c1cc([N+](=O)[O-])c(N)cc1F.CCOC(=O)c1cc([N+](=O)[O-])c(N)cc1OCCF. The zero-order chi connectivity index (χ0) is 26.7. The zero-order valence-electron chi connectivity index (χ0n) is 18.6. The van der Waals surface area contributed by atoms with Crippen LogP contribution in [0, 0.1) is 26.0 Å². The maximum atomic E-state index is 13.3. The normalized spacial score (nSPS) is 9.94. The highest BCUT2D eigenvalue weighted by Crippen LogP contribution is 2.31. The van der Waals surface area contributed by atoms with Gasteiger partial charge in [0.1, 0.15) is 47.3 Å². The van der Waals surface area contributed by atoms with Crippen molar-refractivity contribution in [3.8, 4) is 5.75 Å². The van der Waals surface area contributed by atoms with Gasteiger partial charge in [-0.05, 0) is 13.8 Å². The summed E-state index contributed by atoms with van der Waals surface area (Å²) in [6, 6.07) is 3.56. The highest BCUT2D eigenvalue weighted by molar-refractivity contribution is 5.94. The van der Waals surface area contributed by atoms with E-state index in [0.717, 1.165) is 24.3 Å². The molecule has 0 saturated heterocycles. The van der Waals surface area contributed by atoms with E-state index in [9.17, 15) is 38.6 Å². The molecule has 0 saturated carbocycles. The molecule has 0 aliphatic heterocycles. The number of carbonyl (C=O) groups excluding carboxylic acids is 2. The van der Waals surface area contributed by atoms with Crippen LogP contribution in [0.4, 0.5) is 31.5 Å². The number of nitro benzene ring substituents is 2. The minimum Gasteiger partial charge on any atom is -0.490 e. The Morgan fingerprint density at radius 1 is 0.886 bits per heavy atom. The minimum absolute atomic E-state index is 0.0424. The largest absolute Gasteiger partial charge is 0.490 e. The fourth-order valence-electron chi connectivity index (χ4n) is 2.48. The Labute approximate surface area is 196 Å². The molecular formula is C20H22F2N4O9. The van der Waals surface area contributed by atoms with Crippen molar-refractivity contribution in [2.45, 2.75) is 13.8 Å². The molecule has 190 valence electrons. The van der Waals surface area contributed by atoms with Crippen molar-refractivity contribution < 1.29 is 42.4 Å². The number of nitro groups is 2. The molecule has 0 aromatic heterocycles. The highest BCUT2D eigenvalue weighted by Gasteiger charge is 2.23. The zero-order valence-corrected chi connectivity index (χ0v) is 18.6. The van der Waals surface area contributed by atoms with Crippen LogP contribution in [0.3, 0.4) is 0 Å². The van der Waals surface area contributed by atoms with E-state index in [1.807, 2.05) is 0 Å². The van der Waals surface area contributed by atoms with Gasteiger partial charge in [0.05, 0.1) is 23.1 Å². The number of nitrogens with zero attached hydrogens (tertiary/aromatic N) is 2. The van der Waals surface area contributed by atoms with Gasteiger partial charge >= 0.3 is 11.9 Å². The van der Waals surface area contributed by atoms with E-state index in [4.69, 9.17) is 20.9 Å². The molecule has 35 heavy (non-hydrogen) atoms. The van der Waals surface area contributed by atoms with Gasteiger partial charge in [0.15, 0.2) is 0 Å². The molecule has 0 fully saturated rings. The van der Waals surface area contributed by atoms with Crippen molar-refractivity contribution in [2.24, 2.45) is 0 Å². The molecule has 2 aromatic carbocycles. The van der Waals surface area contributed by atoms with Crippen LogP contribution >= 0.6 is 0 Å². The van der Waals surface area contributed by atoms with E-state index in [0.29, 0.717) is 0 Å². The first kappa shape index (κ1) is 28.5. The quantitative estimate of drug-likeness (QED) is 0.222. The molecule has 0 heterocycles. The maximum absolute atomic E-state index is 13.3.